The predicted molar refractivity (Wildman–Crippen MR) is 73.3 cm³/mol. The lowest BCUT2D eigenvalue weighted by Crippen LogP contribution is -2.43. The summed E-state index contributed by atoms with van der Waals surface area (Å²) in [5.74, 6) is 0. The molecule has 1 aromatic heterocycles. The average molecular weight is 245 g/mol. The highest BCUT2D eigenvalue weighted by Gasteiger charge is 2.26. The molecule has 2 aliphatic rings. The highest BCUT2D eigenvalue weighted by atomic mass is 15.2. The van der Waals surface area contributed by atoms with Crippen LogP contribution in [0, 0.1) is 0 Å². The minimum absolute atomic E-state index is 0.859. The Labute approximate surface area is 110 Å². The zero-order valence-electron chi connectivity index (χ0n) is 11.1. The number of hydrogen-bond donors (Lipinski definition) is 0. The largest absolute Gasteiger partial charge is 0.300 e. The normalized spacial score (nSPS) is 23.6. The van der Waals surface area contributed by atoms with Gasteiger partial charge in [-0.25, -0.2) is 0 Å². The van der Waals surface area contributed by atoms with Crippen LogP contribution in [0.15, 0.2) is 24.5 Å². The van der Waals surface area contributed by atoms with Crippen molar-refractivity contribution in [2.24, 2.45) is 0 Å². The Morgan fingerprint density at radius 1 is 1.11 bits per heavy atom. The van der Waals surface area contributed by atoms with Crippen LogP contribution < -0.4 is 0 Å². The van der Waals surface area contributed by atoms with Gasteiger partial charge in [-0.3, -0.25) is 9.88 Å². The Balaban J connectivity index is 1.48. The molecule has 2 saturated heterocycles. The summed E-state index contributed by atoms with van der Waals surface area (Å²) in [6.07, 6.45) is 9.36. The van der Waals surface area contributed by atoms with Crippen molar-refractivity contribution in [3.05, 3.63) is 30.1 Å². The molecule has 0 saturated carbocycles. The highest BCUT2D eigenvalue weighted by molar-refractivity contribution is 5.08. The van der Waals surface area contributed by atoms with Gasteiger partial charge in [0.05, 0.1) is 0 Å². The molecule has 0 spiro atoms. The summed E-state index contributed by atoms with van der Waals surface area (Å²) in [6, 6.07) is 5.07. The Kier molecular flexibility index (Phi) is 3.91. The minimum Gasteiger partial charge on any atom is -0.300 e. The van der Waals surface area contributed by atoms with E-state index in [1.807, 2.05) is 18.5 Å². The van der Waals surface area contributed by atoms with Gasteiger partial charge >= 0.3 is 0 Å². The lowest BCUT2D eigenvalue weighted by atomic mass is 10.0. The monoisotopic (exact) mass is 245 g/mol. The molecule has 2 fully saturated rings. The molecule has 3 heterocycles. The molecule has 0 radical (unpaired) electrons. The van der Waals surface area contributed by atoms with E-state index in [1.165, 1.54) is 57.4 Å². The van der Waals surface area contributed by atoms with Crippen LogP contribution in [0.1, 0.15) is 31.2 Å². The topological polar surface area (TPSA) is 19.4 Å². The number of likely N-dealkylation sites (tertiary alicyclic amines) is 2. The molecule has 0 aliphatic carbocycles. The second-order valence-corrected chi connectivity index (χ2v) is 5.61. The van der Waals surface area contributed by atoms with Crippen molar-refractivity contribution in [2.45, 2.75) is 38.3 Å². The molecule has 0 amide bonds. The number of nitrogens with zero attached hydrogens (tertiary/aromatic N) is 3. The maximum absolute atomic E-state index is 4.19. The first-order chi connectivity index (χ1) is 8.92. The third-order valence-corrected chi connectivity index (χ3v) is 4.34. The number of piperidine rings is 1. The molecule has 98 valence electrons. The fourth-order valence-electron chi connectivity index (χ4n) is 3.30. The summed E-state index contributed by atoms with van der Waals surface area (Å²) >= 11 is 0. The Morgan fingerprint density at radius 2 is 1.89 bits per heavy atom. The molecule has 0 aromatic carbocycles. The average Bonchev–Trinajstić information content (AvgIpc) is 2.95. The van der Waals surface area contributed by atoms with Crippen LogP contribution in [0.3, 0.4) is 0 Å². The molecule has 0 unspecified atom stereocenters. The van der Waals surface area contributed by atoms with Gasteiger partial charge in [0, 0.05) is 25.0 Å². The van der Waals surface area contributed by atoms with E-state index in [4.69, 9.17) is 0 Å². The van der Waals surface area contributed by atoms with E-state index in [9.17, 15) is 0 Å². The molecule has 18 heavy (non-hydrogen) atoms. The first-order valence-corrected chi connectivity index (χ1v) is 7.27. The zero-order valence-corrected chi connectivity index (χ0v) is 11.1. The number of pyridine rings is 1. The van der Waals surface area contributed by atoms with Gasteiger partial charge in [-0.2, -0.15) is 0 Å². The molecule has 0 bridgehead atoms. The van der Waals surface area contributed by atoms with Gasteiger partial charge in [0.1, 0.15) is 0 Å². The van der Waals surface area contributed by atoms with Crippen molar-refractivity contribution in [3.8, 4) is 0 Å². The molecular formula is C15H23N3. The fraction of sp³-hybridized carbons (Fsp3) is 0.667. The van der Waals surface area contributed by atoms with Crippen LogP contribution in [0.2, 0.25) is 0 Å². The molecule has 0 atom stereocenters. The Bertz CT molecular complexity index is 351. The number of rotatable bonds is 3. The van der Waals surface area contributed by atoms with Crippen LogP contribution >= 0.6 is 0 Å². The molecule has 1 aromatic rings. The van der Waals surface area contributed by atoms with E-state index in [0.717, 1.165) is 12.6 Å². The van der Waals surface area contributed by atoms with Crippen LogP contribution in [0.25, 0.3) is 0 Å². The zero-order chi connectivity index (χ0) is 12.2. The highest BCUT2D eigenvalue weighted by Crippen LogP contribution is 2.21. The summed E-state index contributed by atoms with van der Waals surface area (Å²) < 4.78 is 0. The van der Waals surface area contributed by atoms with Gasteiger partial charge in [0.15, 0.2) is 0 Å². The summed E-state index contributed by atoms with van der Waals surface area (Å²) in [5, 5.41) is 0. The van der Waals surface area contributed by atoms with E-state index >= 15 is 0 Å². The Hall–Kier alpha value is -0.930. The van der Waals surface area contributed by atoms with Crippen molar-refractivity contribution < 1.29 is 0 Å². The maximum Gasteiger partial charge on any atom is 0.0312 e. The van der Waals surface area contributed by atoms with E-state index in [0.29, 0.717) is 0 Å². The minimum atomic E-state index is 0.859. The van der Waals surface area contributed by atoms with Crippen LogP contribution in [0.4, 0.5) is 0 Å². The van der Waals surface area contributed by atoms with Gasteiger partial charge in [0.25, 0.3) is 0 Å². The summed E-state index contributed by atoms with van der Waals surface area (Å²) in [7, 11) is 0. The van der Waals surface area contributed by atoms with E-state index in [1.54, 1.807) is 0 Å². The van der Waals surface area contributed by atoms with E-state index in [-0.39, 0.29) is 0 Å². The lowest BCUT2D eigenvalue weighted by Gasteiger charge is -2.36. The second kappa shape index (κ2) is 5.81. The van der Waals surface area contributed by atoms with Gasteiger partial charge in [-0.15, -0.1) is 0 Å². The summed E-state index contributed by atoms with van der Waals surface area (Å²) in [4.78, 5) is 9.48. The van der Waals surface area contributed by atoms with Gasteiger partial charge < -0.3 is 4.90 Å². The standard InChI is InChI=1S/C15H23N3/c1-2-9-18(8-1)15-5-10-17(11-6-15)13-14-4-3-7-16-12-14/h3-4,7,12,15H,1-2,5-6,8-11,13H2. The lowest BCUT2D eigenvalue weighted by molar-refractivity contribution is 0.122. The van der Waals surface area contributed by atoms with Crippen LogP contribution in [-0.4, -0.2) is 47.0 Å². The van der Waals surface area contributed by atoms with Crippen molar-refractivity contribution in [2.75, 3.05) is 26.2 Å². The molecule has 2 aliphatic heterocycles. The number of aromatic nitrogens is 1. The fourth-order valence-corrected chi connectivity index (χ4v) is 3.30. The number of hydrogen-bond acceptors (Lipinski definition) is 3. The summed E-state index contributed by atoms with van der Waals surface area (Å²) in [5.41, 5.74) is 1.34. The molecule has 3 nitrogen and oxygen atoms in total. The van der Waals surface area contributed by atoms with Gasteiger partial charge in [-0.05, 0) is 63.5 Å². The smallest absolute Gasteiger partial charge is 0.0312 e. The first-order valence-electron chi connectivity index (χ1n) is 7.27. The SMILES string of the molecule is c1cncc(CN2CCC(N3CCCC3)CC2)c1. The van der Waals surface area contributed by atoms with E-state index in [2.05, 4.69) is 20.9 Å². The molecule has 3 heteroatoms. The molecular weight excluding hydrogens is 222 g/mol. The van der Waals surface area contributed by atoms with E-state index < -0.39 is 0 Å². The molecule has 3 rings (SSSR count). The van der Waals surface area contributed by atoms with Crippen molar-refractivity contribution in [3.63, 3.8) is 0 Å². The predicted octanol–water partition coefficient (Wildman–Crippen LogP) is 2.14. The van der Waals surface area contributed by atoms with Crippen molar-refractivity contribution in [1.82, 2.24) is 14.8 Å². The van der Waals surface area contributed by atoms with Crippen molar-refractivity contribution in [1.29, 1.82) is 0 Å². The second-order valence-electron chi connectivity index (χ2n) is 5.61. The van der Waals surface area contributed by atoms with Gasteiger partial charge in [0.2, 0.25) is 0 Å². The van der Waals surface area contributed by atoms with Crippen LogP contribution in [0.5, 0.6) is 0 Å². The molecule has 0 N–H and O–H groups in total. The maximum atomic E-state index is 4.19. The first kappa shape index (κ1) is 12.1. The van der Waals surface area contributed by atoms with Crippen molar-refractivity contribution >= 4 is 0 Å². The Morgan fingerprint density at radius 3 is 2.56 bits per heavy atom. The third kappa shape index (κ3) is 2.90. The third-order valence-electron chi connectivity index (χ3n) is 4.34. The van der Waals surface area contributed by atoms with Gasteiger partial charge in [-0.1, -0.05) is 6.07 Å². The van der Waals surface area contributed by atoms with Crippen LogP contribution in [-0.2, 0) is 6.54 Å². The quantitative estimate of drug-likeness (QED) is 0.813. The summed E-state index contributed by atoms with van der Waals surface area (Å²) in [6.45, 7) is 6.24.